The number of aliphatic hydroxyl groups excluding tert-OH is 2. The first kappa shape index (κ1) is 75.2. The predicted molar refractivity (Wildman–Crippen MR) is 302 cm³/mol. The molecule has 32 heteroatoms. The van der Waals surface area contributed by atoms with E-state index in [2.05, 4.69) is 64.6 Å². The van der Waals surface area contributed by atoms with Gasteiger partial charge in [-0.3, -0.25) is 57.5 Å². The third kappa shape index (κ3) is 24.7. The molecule has 2 aromatic rings. The monoisotopic (exact) mass is 1190 g/mol. The zero-order valence-corrected chi connectivity index (χ0v) is 48.4. The average Bonchev–Trinajstić information content (AvgIpc) is 3.85. The molecule has 0 heterocycles. The van der Waals surface area contributed by atoms with Crippen LogP contribution in [0.15, 0.2) is 48.5 Å². The number of ether oxygens (including phenoxy) is 1. The van der Waals surface area contributed by atoms with Crippen molar-refractivity contribution >= 4 is 77.0 Å². The summed E-state index contributed by atoms with van der Waals surface area (Å²) in [6, 6.07) is 3.10. The number of carboxylic acid groups (broad SMARTS) is 1. The lowest BCUT2D eigenvalue weighted by Crippen LogP contribution is -2.58. The summed E-state index contributed by atoms with van der Waals surface area (Å²) in [7, 11) is 4.34. The molecule has 12 amide bonds. The first-order chi connectivity index (χ1) is 39.6. The van der Waals surface area contributed by atoms with Crippen molar-refractivity contribution in [1.29, 1.82) is 0 Å². The van der Waals surface area contributed by atoms with Crippen LogP contribution < -0.4 is 81.8 Å². The summed E-state index contributed by atoms with van der Waals surface area (Å²) in [5, 5.41) is 50.5. The number of nitrogens with one attached hydrogen (secondary N) is 10. The number of carboxylic acids is 1. The van der Waals surface area contributed by atoms with Crippen molar-refractivity contribution in [1.82, 2.24) is 53.2 Å². The van der Waals surface area contributed by atoms with E-state index in [1.54, 1.807) is 13.8 Å². The lowest BCUT2D eigenvalue weighted by Gasteiger charge is -2.24. The molecule has 0 saturated carbocycles. The number of hydrogen-bond donors (Lipinski definition) is 18. The number of primary amides is 2. The first-order valence-electron chi connectivity index (χ1n) is 26.3. The summed E-state index contributed by atoms with van der Waals surface area (Å²) in [4.78, 5) is 158. The Morgan fingerprint density at radius 2 is 0.833 bits per heavy atom. The Kier molecular flexibility index (Phi) is 34.7. The SMILES string of the molecule is CC[C@H](N)C(=O)N[C@@H](C)C(=O)NC(CC(=O)NC)C(=O)N[C@@H](C)C(=O)N[C@@H](CO)C(N)=O.CC[C@H](NC(=O)OCC1c2ccccc2-c2ccccc21)C(=O)N[C@@H](C)C(=O)NC(CC(=O)O)C(=O)N[C@@H](C)C(=O)N[C@@H](CO)C(N)=O.CN.CN. The maximum atomic E-state index is 13.0. The van der Waals surface area contributed by atoms with Gasteiger partial charge in [0.05, 0.1) is 32.1 Å². The normalized spacial score (nSPS) is 14.4. The number of carbonyl (C=O) groups is 13. The summed E-state index contributed by atoms with van der Waals surface area (Å²) in [6.45, 7) is 7.01. The zero-order chi connectivity index (χ0) is 64.6. The molecule has 2 aromatic carbocycles. The molecule has 0 aromatic heterocycles. The number of amides is 12. The number of alkyl carbamates (subject to hydrolysis) is 1. The van der Waals surface area contributed by atoms with E-state index >= 15 is 0 Å². The minimum absolute atomic E-state index is 0.0250. The van der Waals surface area contributed by atoms with Crippen molar-refractivity contribution in [2.75, 3.05) is 41.0 Å². The lowest BCUT2D eigenvalue weighted by atomic mass is 9.98. The van der Waals surface area contributed by atoms with Crippen molar-refractivity contribution < 1.29 is 82.4 Å². The van der Waals surface area contributed by atoms with Crippen molar-refractivity contribution in [3.05, 3.63) is 59.7 Å². The largest absolute Gasteiger partial charge is 0.481 e. The molecule has 32 nitrogen and oxygen atoms in total. The maximum absolute atomic E-state index is 13.0. The van der Waals surface area contributed by atoms with E-state index in [1.807, 2.05) is 48.5 Å². The number of hydrogen-bond acceptors (Lipinski definition) is 19. The standard InChI is InChI=1S/C32H40N6O10.C18H33N7O7.2CH5N/c1-4-23(38-32(47)48-15-22-20-11-7-5-9-18(20)19-10-6-8-12-21(19)22)30(45)34-16(2)28(43)36-24(13-26(40)41)31(46)35-17(3)29(44)37-25(14-39)27(33)42;1-5-10(19)17(31)22-8(2)15(29)24-11(6-13(27)21-4)18(32)23-9(3)16(30)25-12(7-26)14(20)28;2*1-2/h5-12,16-17,22-25,39H,4,13-15H2,1-3H3,(H2,33,42)(H,34,45)(H,35,46)(H,36,43)(H,37,44)(H,38,47)(H,40,41);8-12,26H,5-7,19H2,1-4H3,(H2,20,28)(H,21,27)(H,22,31)(H,23,32)(H,24,29)(H,25,30);2*2H2,1H3/t16-,17-,23-,24?,25-;8-,9-,10-,11?,12-;;/m00../s1. The van der Waals surface area contributed by atoms with E-state index in [0.29, 0.717) is 6.42 Å². The van der Waals surface area contributed by atoms with Crippen LogP contribution in [0.4, 0.5) is 4.79 Å². The van der Waals surface area contributed by atoms with Gasteiger partial charge in [-0.2, -0.15) is 0 Å². The Morgan fingerprint density at radius 1 is 0.488 bits per heavy atom. The molecule has 3 rings (SSSR count). The molecule has 0 radical (unpaired) electrons. The number of fused-ring (bicyclic) bond motifs is 3. The number of aliphatic hydroxyl groups is 2. The molecule has 0 aliphatic heterocycles. The van der Waals surface area contributed by atoms with Gasteiger partial charge >= 0.3 is 12.1 Å². The Hall–Kier alpha value is -8.85. The van der Waals surface area contributed by atoms with Gasteiger partial charge in [0.15, 0.2) is 0 Å². The van der Waals surface area contributed by atoms with Gasteiger partial charge in [-0.05, 0) is 76.9 Å². The van der Waals surface area contributed by atoms with Gasteiger partial charge in [-0.15, -0.1) is 0 Å². The fourth-order valence-electron chi connectivity index (χ4n) is 7.33. The second-order valence-electron chi connectivity index (χ2n) is 18.3. The Bertz CT molecular complexity index is 2550. The van der Waals surface area contributed by atoms with E-state index in [0.717, 1.165) is 22.3 Å². The fraction of sp³-hybridized carbons (Fsp3) is 0.519. The Balaban J connectivity index is 0.00000167. The predicted octanol–water partition coefficient (Wildman–Crippen LogP) is -6.30. The summed E-state index contributed by atoms with van der Waals surface area (Å²) in [6.07, 6.45) is -1.66. The molecular weight excluding hydrogens is 1110 g/mol. The van der Waals surface area contributed by atoms with Crippen LogP contribution in [-0.4, -0.2) is 194 Å². The number of rotatable bonds is 29. The fourth-order valence-corrected chi connectivity index (χ4v) is 7.33. The summed E-state index contributed by atoms with van der Waals surface area (Å²) in [5.41, 5.74) is 28.8. The van der Waals surface area contributed by atoms with Crippen molar-refractivity contribution in [3.8, 4) is 11.1 Å². The average molecular weight is 1190 g/mol. The molecule has 2 unspecified atom stereocenters. The molecule has 10 atom stereocenters. The van der Waals surface area contributed by atoms with Crippen LogP contribution in [0.2, 0.25) is 0 Å². The summed E-state index contributed by atoms with van der Waals surface area (Å²) < 4.78 is 5.51. The van der Waals surface area contributed by atoms with E-state index in [-0.39, 0.29) is 18.9 Å². The maximum Gasteiger partial charge on any atom is 0.407 e. The minimum atomic E-state index is -1.66. The molecule has 1 aliphatic carbocycles. The third-order valence-corrected chi connectivity index (χ3v) is 12.1. The number of benzene rings is 2. The van der Waals surface area contributed by atoms with Crippen LogP contribution in [0.25, 0.3) is 11.1 Å². The van der Waals surface area contributed by atoms with Crippen LogP contribution in [0.5, 0.6) is 0 Å². The van der Waals surface area contributed by atoms with Gasteiger partial charge in [-0.25, -0.2) is 4.79 Å². The van der Waals surface area contributed by atoms with Crippen molar-refractivity contribution in [2.24, 2.45) is 28.7 Å². The number of nitrogens with two attached hydrogens (primary N) is 5. The second kappa shape index (κ2) is 38.8. The first-order valence-corrected chi connectivity index (χ1v) is 26.3. The Labute approximate surface area is 485 Å². The van der Waals surface area contributed by atoms with E-state index in [9.17, 15) is 67.4 Å². The van der Waals surface area contributed by atoms with Crippen LogP contribution in [0, 0.1) is 0 Å². The topological polar surface area (TPSA) is 542 Å². The second-order valence-corrected chi connectivity index (χ2v) is 18.3. The zero-order valence-electron chi connectivity index (χ0n) is 48.4. The smallest absolute Gasteiger partial charge is 0.407 e. The van der Waals surface area contributed by atoms with Gasteiger partial charge in [0, 0.05) is 13.0 Å². The molecule has 0 fully saturated rings. The number of aliphatic carboxylic acids is 1. The van der Waals surface area contributed by atoms with Gasteiger partial charge in [0.1, 0.15) is 61.0 Å². The molecule has 1 aliphatic rings. The molecular formula is C52H83N15O17. The van der Waals surface area contributed by atoms with E-state index < -0.39 is 164 Å². The van der Waals surface area contributed by atoms with Crippen LogP contribution in [-0.2, 0) is 62.3 Å². The van der Waals surface area contributed by atoms with E-state index in [4.69, 9.17) is 32.2 Å². The Morgan fingerprint density at radius 3 is 1.17 bits per heavy atom. The highest BCUT2D eigenvalue weighted by molar-refractivity contribution is 5.99. The quantitative estimate of drug-likeness (QED) is 0.0360. The molecule has 0 spiro atoms. The van der Waals surface area contributed by atoms with Crippen molar-refractivity contribution in [2.45, 2.75) is 134 Å². The minimum Gasteiger partial charge on any atom is -0.481 e. The summed E-state index contributed by atoms with van der Waals surface area (Å²) >= 11 is 0. The third-order valence-electron chi connectivity index (χ3n) is 12.1. The highest BCUT2D eigenvalue weighted by Crippen LogP contribution is 2.44. The van der Waals surface area contributed by atoms with Gasteiger partial charge in [-0.1, -0.05) is 62.4 Å². The molecule has 84 heavy (non-hydrogen) atoms. The highest BCUT2D eigenvalue weighted by atomic mass is 16.5. The van der Waals surface area contributed by atoms with Gasteiger partial charge in [0.2, 0.25) is 65.0 Å². The molecule has 0 bridgehead atoms. The van der Waals surface area contributed by atoms with Crippen LogP contribution >= 0.6 is 0 Å². The van der Waals surface area contributed by atoms with Crippen molar-refractivity contribution in [3.63, 3.8) is 0 Å². The molecule has 468 valence electrons. The van der Waals surface area contributed by atoms with E-state index in [1.165, 1.54) is 48.8 Å². The van der Waals surface area contributed by atoms with Gasteiger partial charge in [0.25, 0.3) is 0 Å². The number of carbonyl (C=O) groups excluding carboxylic acids is 12. The highest BCUT2D eigenvalue weighted by Gasteiger charge is 2.34. The molecule has 0 saturated heterocycles. The van der Waals surface area contributed by atoms with Crippen LogP contribution in [0.3, 0.4) is 0 Å². The van der Waals surface area contributed by atoms with Gasteiger partial charge < -0.3 is 102 Å². The lowest BCUT2D eigenvalue weighted by molar-refractivity contribution is -0.141. The molecule has 23 N–H and O–H groups in total. The summed E-state index contributed by atoms with van der Waals surface area (Å²) in [5.74, 6) is -10.8. The van der Waals surface area contributed by atoms with Crippen LogP contribution in [0.1, 0.15) is 84.3 Å².